The van der Waals surface area contributed by atoms with E-state index in [1.54, 1.807) is 20.3 Å². The molecule has 1 heterocycles. The summed E-state index contributed by atoms with van der Waals surface area (Å²) < 4.78 is 16.1. The first kappa shape index (κ1) is 19.8. The van der Waals surface area contributed by atoms with Crippen molar-refractivity contribution in [3.05, 3.63) is 59.7 Å². The van der Waals surface area contributed by atoms with Crippen molar-refractivity contribution in [2.24, 2.45) is 0 Å². The monoisotopic (exact) mass is 381 g/mol. The van der Waals surface area contributed by atoms with Crippen molar-refractivity contribution < 1.29 is 19.0 Å². The average molecular weight is 381 g/mol. The van der Waals surface area contributed by atoms with Crippen molar-refractivity contribution >= 4 is 12.0 Å². The molecule has 0 bridgehead atoms. The number of rotatable bonds is 7. The molecule has 3 rings (SSSR count). The maximum absolute atomic E-state index is 12.8. The van der Waals surface area contributed by atoms with Gasteiger partial charge in [-0.3, -0.25) is 4.79 Å². The van der Waals surface area contributed by atoms with Crippen LogP contribution in [0.3, 0.4) is 0 Å². The van der Waals surface area contributed by atoms with Crippen LogP contribution in [0.5, 0.6) is 17.2 Å². The van der Waals surface area contributed by atoms with E-state index in [9.17, 15) is 4.79 Å². The Kier molecular flexibility index (Phi) is 6.58. The first-order valence-corrected chi connectivity index (χ1v) is 9.59. The highest BCUT2D eigenvalue weighted by Crippen LogP contribution is 2.33. The molecule has 1 atom stereocenters. The molecule has 1 unspecified atom stereocenters. The molecule has 0 aliphatic carbocycles. The lowest BCUT2D eigenvalue weighted by atomic mass is 10.0. The van der Waals surface area contributed by atoms with Crippen molar-refractivity contribution in [2.45, 2.75) is 25.8 Å². The van der Waals surface area contributed by atoms with Gasteiger partial charge < -0.3 is 19.1 Å². The second-order valence-electron chi connectivity index (χ2n) is 6.64. The molecule has 2 aromatic carbocycles. The average Bonchev–Trinajstić information content (AvgIpc) is 3.22. The zero-order valence-corrected chi connectivity index (χ0v) is 16.7. The Morgan fingerprint density at radius 3 is 2.54 bits per heavy atom. The smallest absolute Gasteiger partial charge is 0.247 e. The third-order valence-corrected chi connectivity index (χ3v) is 4.94. The summed E-state index contributed by atoms with van der Waals surface area (Å²) >= 11 is 0. The van der Waals surface area contributed by atoms with Gasteiger partial charge >= 0.3 is 0 Å². The van der Waals surface area contributed by atoms with Gasteiger partial charge in [0.15, 0.2) is 11.5 Å². The van der Waals surface area contributed by atoms with Crippen LogP contribution in [0.25, 0.3) is 6.08 Å². The Bertz CT molecular complexity index is 829. The number of benzene rings is 2. The molecule has 1 amide bonds. The molecule has 5 heteroatoms. The molecule has 2 aromatic rings. The maximum atomic E-state index is 12.8. The van der Waals surface area contributed by atoms with E-state index in [-0.39, 0.29) is 11.9 Å². The number of likely N-dealkylation sites (tertiary alicyclic amines) is 1. The van der Waals surface area contributed by atoms with E-state index in [2.05, 4.69) is 12.1 Å². The summed E-state index contributed by atoms with van der Waals surface area (Å²) in [7, 11) is 3.20. The summed E-state index contributed by atoms with van der Waals surface area (Å²) in [4.78, 5) is 14.7. The lowest BCUT2D eigenvalue weighted by Gasteiger charge is -2.24. The first-order chi connectivity index (χ1) is 13.7. The van der Waals surface area contributed by atoms with E-state index in [0.717, 1.165) is 36.3 Å². The van der Waals surface area contributed by atoms with Crippen molar-refractivity contribution in [3.8, 4) is 17.2 Å². The van der Waals surface area contributed by atoms with Crippen LogP contribution in [0.1, 0.15) is 36.9 Å². The van der Waals surface area contributed by atoms with Crippen molar-refractivity contribution in [1.29, 1.82) is 0 Å². The predicted octanol–water partition coefficient (Wildman–Crippen LogP) is 4.48. The van der Waals surface area contributed by atoms with Crippen LogP contribution in [0.15, 0.2) is 48.5 Å². The molecule has 0 saturated carbocycles. The van der Waals surface area contributed by atoms with Gasteiger partial charge in [-0.15, -0.1) is 0 Å². The molecular formula is C23H27NO4. The SMILES string of the molecule is CCOc1ccc(C2CCCN2C(=O)C=Cc2ccc(OC)c(OC)c2)cc1. The van der Waals surface area contributed by atoms with E-state index in [0.29, 0.717) is 18.1 Å². The predicted molar refractivity (Wildman–Crippen MR) is 110 cm³/mol. The highest BCUT2D eigenvalue weighted by molar-refractivity contribution is 5.92. The van der Waals surface area contributed by atoms with Gasteiger partial charge in [0.25, 0.3) is 0 Å². The Labute approximate surface area is 166 Å². The summed E-state index contributed by atoms with van der Waals surface area (Å²) in [5, 5.41) is 0. The van der Waals surface area contributed by atoms with Crippen LogP contribution in [-0.4, -0.2) is 38.2 Å². The Morgan fingerprint density at radius 1 is 1.11 bits per heavy atom. The molecule has 1 saturated heterocycles. The summed E-state index contributed by atoms with van der Waals surface area (Å²) in [5.74, 6) is 2.19. The topological polar surface area (TPSA) is 48.0 Å². The third-order valence-electron chi connectivity index (χ3n) is 4.94. The minimum atomic E-state index is 0.0196. The van der Waals surface area contributed by atoms with E-state index in [1.165, 1.54) is 0 Å². The molecule has 0 radical (unpaired) electrons. The summed E-state index contributed by atoms with van der Waals surface area (Å²) in [6, 6.07) is 13.8. The molecule has 1 fully saturated rings. The lowest BCUT2D eigenvalue weighted by molar-refractivity contribution is -0.126. The molecule has 1 aliphatic heterocycles. The first-order valence-electron chi connectivity index (χ1n) is 9.59. The minimum Gasteiger partial charge on any atom is -0.494 e. The number of nitrogens with zero attached hydrogens (tertiary/aromatic N) is 1. The standard InChI is InChI=1S/C23H27NO4/c1-4-28-19-11-9-18(10-12-19)20-6-5-15-24(20)23(25)14-8-17-7-13-21(26-2)22(16-17)27-3/h7-14,16,20H,4-6,15H2,1-3H3. The zero-order chi connectivity index (χ0) is 19.9. The Hall–Kier alpha value is -2.95. The molecule has 28 heavy (non-hydrogen) atoms. The van der Waals surface area contributed by atoms with Gasteiger partial charge in [-0.05, 0) is 61.2 Å². The minimum absolute atomic E-state index is 0.0196. The number of methoxy groups -OCH3 is 2. The molecule has 1 aliphatic rings. The number of hydrogen-bond acceptors (Lipinski definition) is 4. The number of amides is 1. The number of ether oxygens (including phenoxy) is 3. The molecular weight excluding hydrogens is 354 g/mol. The van der Waals surface area contributed by atoms with Crippen LogP contribution in [0.4, 0.5) is 0 Å². The van der Waals surface area contributed by atoms with Crippen LogP contribution in [0, 0.1) is 0 Å². The van der Waals surface area contributed by atoms with Crippen LogP contribution in [0.2, 0.25) is 0 Å². The van der Waals surface area contributed by atoms with E-state index >= 15 is 0 Å². The highest BCUT2D eigenvalue weighted by atomic mass is 16.5. The highest BCUT2D eigenvalue weighted by Gasteiger charge is 2.28. The lowest BCUT2D eigenvalue weighted by Crippen LogP contribution is -2.28. The Morgan fingerprint density at radius 2 is 1.86 bits per heavy atom. The van der Waals surface area contributed by atoms with Crippen molar-refractivity contribution in [1.82, 2.24) is 4.90 Å². The number of hydrogen-bond donors (Lipinski definition) is 0. The molecule has 0 N–H and O–H groups in total. The van der Waals surface area contributed by atoms with E-state index < -0.39 is 0 Å². The number of carbonyl (C=O) groups excluding carboxylic acids is 1. The van der Waals surface area contributed by atoms with Gasteiger partial charge in [0, 0.05) is 12.6 Å². The molecule has 0 spiro atoms. The van der Waals surface area contributed by atoms with Gasteiger partial charge in [0.2, 0.25) is 5.91 Å². The molecule has 148 valence electrons. The summed E-state index contributed by atoms with van der Waals surface area (Å²) in [6.45, 7) is 3.39. The molecule has 0 aromatic heterocycles. The fourth-order valence-corrected chi connectivity index (χ4v) is 3.55. The summed E-state index contributed by atoms with van der Waals surface area (Å²) in [6.07, 6.45) is 5.43. The van der Waals surface area contributed by atoms with Crippen molar-refractivity contribution in [2.75, 3.05) is 27.4 Å². The van der Waals surface area contributed by atoms with Gasteiger partial charge in [-0.25, -0.2) is 0 Å². The second kappa shape index (κ2) is 9.31. The fraction of sp³-hybridized carbons (Fsp3) is 0.348. The zero-order valence-electron chi connectivity index (χ0n) is 16.7. The number of carbonyl (C=O) groups is 1. The quantitative estimate of drug-likeness (QED) is 0.664. The van der Waals surface area contributed by atoms with Crippen LogP contribution < -0.4 is 14.2 Å². The van der Waals surface area contributed by atoms with Gasteiger partial charge in [0.1, 0.15) is 5.75 Å². The van der Waals surface area contributed by atoms with Gasteiger partial charge in [0.05, 0.1) is 26.9 Å². The maximum Gasteiger partial charge on any atom is 0.247 e. The van der Waals surface area contributed by atoms with Crippen LogP contribution in [-0.2, 0) is 4.79 Å². The largest absolute Gasteiger partial charge is 0.494 e. The second-order valence-corrected chi connectivity index (χ2v) is 6.64. The van der Waals surface area contributed by atoms with Gasteiger partial charge in [-0.1, -0.05) is 18.2 Å². The normalized spacial score (nSPS) is 16.4. The molecule has 5 nitrogen and oxygen atoms in total. The van der Waals surface area contributed by atoms with Crippen molar-refractivity contribution in [3.63, 3.8) is 0 Å². The fourth-order valence-electron chi connectivity index (χ4n) is 3.55. The Balaban J connectivity index is 1.71. The summed E-state index contributed by atoms with van der Waals surface area (Å²) in [5.41, 5.74) is 2.04. The van der Waals surface area contributed by atoms with Gasteiger partial charge in [-0.2, -0.15) is 0 Å². The third kappa shape index (κ3) is 4.47. The van der Waals surface area contributed by atoms with E-state index in [4.69, 9.17) is 14.2 Å². The van der Waals surface area contributed by atoms with E-state index in [1.807, 2.05) is 48.2 Å². The van der Waals surface area contributed by atoms with Crippen LogP contribution >= 0.6 is 0 Å².